The van der Waals surface area contributed by atoms with Crippen molar-refractivity contribution in [2.24, 2.45) is 0 Å². The molecule has 0 aromatic heterocycles. The molecule has 4 atom stereocenters. The first-order chi connectivity index (χ1) is 12.0. The Labute approximate surface area is 145 Å². The maximum atomic E-state index is 11.5. The Balaban J connectivity index is 1.78. The molecular formula is C19H20N2O4. The molecule has 130 valence electrons. The van der Waals surface area contributed by atoms with Crippen molar-refractivity contribution in [1.82, 2.24) is 10.6 Å². The molecule has 2 aromatic carbocycles. The fourth-order valence-corrected chi connectivity index (χ4v) is 4.15. The Morgan fingerprint density at radius 2 is 1.68 bits per heavy atom. The Bertz CT molecular complexity index is 825. The second-order valence-corrected chi connectivity index (χ2v) is 6.71. The number of carbonyl (C=O) groups is 1. The van der Waals surface area contributed by atoms with Gasteiger partial charge >= 0.3 is 6.09 Å². The molecule has 0 heterocycles. The van der Waals surface area contributed by atoms with Crippen LogP contribution in [0.1, 0.15) is 28.3 Å². The third-order valence-electron chi connectivity index (χ3n) is 5.25. The maximum absolute atomic E-state index is 11.5. The quantitative estimate of drug-likeness (QED) is 0.542. The van der Waals surface area contributed by atoms with E-state index >= 15 is 0 Å². The topological polar surface area (TPSA) is 102 Å². The van der Waals surface area contributed by atoms with Crippen LogP contribution in [0, 0.1) is 0 Å². The SMILES string of the molecule is O=C(O)N[C@]1(N[C@@H]2c3ccccc3C[C@@H]2O)c2ccccc2C[C@@H]1O. The van der Waals surface area contributed by atoms with E-state index in [9.17, 15) is 20.1 Å². The molecule has 0 saturated heterocycles. The number of nitrogens with one attached hydrogen (secondary N) is 2. The number of amides is 1. The van der Waals surface area contributed by atoms with E-state index in [-0.39, 0.29) is 0 Å². The number of benzene rings is 2. The molecule has 6 nitrogen and oxygen atoms in total. The van der Waals surface area contributed by atoms with E-state index in [1.807, 2.05) is 48.5 Å². The molecule has 0 aliphatic heterocycles. The van der Waals surface area contributed by atoms with E-state index in [1.54, 1.807) is 0 Å². The van der Waals surface area contributed by atoms with Crippen molar-refractivity contribution >= 4 is 6.09 Å². The van der Waals surface area contributed by atoms with Gasteiger partial charge < -0.3 is 15.3 Å². The van der Waals surface area contributed by atoms with E-state index in [0.29, 0.717) is 18.4 Å². The van der Waals surface area contributed by atoms with Crippen LogP contribution in [0.4, 0.5) is 4.79 Å². The highest BCUT2D eigenvalue weighted by Gasteiger charge is 2.50. The fourth-order valence-electron chi connectivity index (χ4n) is 4.15. The van der Waals surface area contributed by atoms with Crippen LogP contribution in [0.2, 0.25) is 0 Å². The summed E-state index contributed by atoms with van der Waals surface area (Å²) in [6.07, 6.45) is -2.06. The number of hydrogen-bond donors (Lipinski definition) is 5. The largest absolute Gasteiger partial charge is 0.465 e. The molecule has 25 heavy (non-hydrogen) atoms. The van der Waals surface area contributed by atoms with Crippen molar-refractivity contribution in [3.8, 4) is 0 Å². The number of carboxylic acid groups (broad SMARTS) is 1. The highest BCUT2D eigenvalue weighted by atomic mass is 16.4. The molecule has 0 saturated carbocycles. The zero-order chi connectivity index (χ0) is 17.6. The van der Waals surface area contributed by atoms with Gasteiger partial charge in [-0.1, -0.05) is 48.5 Å². The summed E-state index contributed by atoms with van der Waals surface area (Å²) in [7, 11) is 0. The number of fused-ring (bicyclic) bond motifs is 2. The van der Waals surface area contributed by atoms with Gasteiger partial charge in [-0.15, -0.1) is 0 Å². The minimum atomic E-state index is -1.36. The monoisotopic (exact) mass is 340 g/mol. The lowest BCUT2D eigenvalue weighted by atomic mass is 9.96. The summed E-state index contributed by atoms with van der Waals surface area (Å²) < 4.78 is 0. The van der Waals surface area contributed by atoms with Crippen LogP contribution in [-0.4, -0.2) is 33.6 Å². The second kappa shape index (κ2) is 5.84. The summed E-state index contributed by atoms with van der Waals surface area (Å²) in [4.78, 5) is 11.5. The van der Waals surface area contributed by atoms with Crippen molar-refractivity contribution in [1.29, 1.82) is 0 Å². The number of aliphatic hydroxyl groups excluding tert-OH is 2. The first-order valence-electron chi connectivity index (χ1n) is 8.32. The molecule has 5 N–H and O–H groups in total. The fraction of sp³-hybridized carbons (Fsp3) is 0.316. The molecule has 2 aromatic rings. The minimum Gasteiger partial charge on any atom is -0.465 e. The van der Waals surface area contributed by atoms with Gasteiger partial charge in [0.2, 0.25) is 0 Å². The minimum absolute atomic E-state index is 0.341. The molecule has 0 bridgehead atoms. The van der Waals surface area contributed by atoms with Crippen LogP contribution in [0.25, 0.3) is 0 Å². The average molecular weight is 340 g/mol. The van der Waals surface area contributed by atoms with E-state index in [4.69, 9.17) is 0 Å². The summed E-state index contributed by atoms with van der Waals surface area (Å²) in [6, 6.07) is 14.6. The normalized spacial score (nSPS) is 29.9. The van der Waals surface area contributed by atoms with Crippen molar-refractivity contribution in [3.63, 3.8) is 0 Å². The number of hydrogen-bond acceptors (Lipinski definition) is 4. The molecule has 2 aliphatic rings. The van der Waals surface area contributed by atoms with E-state index in [0.717, 1.165) is 16.7 Å². The van der Waals surface area contributed by atoms with E-state index < -0.39 is 30.0 Å². The van der Waals surface area contributed by atoms with Gasteiger partial charge in [0.1, 0.15) is 5.66 Å². The molecule has 1 amide bonds. The Hall–Kier alpha value is -2.41. The van der Waals surface area contributed by atoms with Gasteiger partial charge in [0.25, 0.3) is 0 Å². The summed E-state index contributed by atoms with van der Waals surface area (Å²) in [6.45, 7) is 0. The van der Waals surface area contributed by atoms with Crippen LogP contribution < -0.4 is 10.6 Å². The molecular weight excluding hydrogens is 320 g/mol. The van der Waals surface area contributed by atoms with E-state index in [2.05, 4.69) is 10.6 Å². The van der Waals surface area contributed by atoms with Crippen molar-refractivity contribution in [2.45, 2.75) is 36.8 Å². The third-order valence-corrected chi connectivity index (χ3v) is 5.25. The second-order valence-electron chi connectivity index (χ2n) is 6.71. The summed E-state index contributed by atoms with van der Waals surface area (Å²) in [5, 5.41) is 36.4. The zero-order valence-corrected chi connectivity index (χ0v) is 13.5. The predicted molar refractivity (Wildman–Crippen MR) is 91.0 cm³/mol. The Morgan fingerprint density at radius 3 is 2.44 bits per heavy atom. The summed E-state index contributed by atoms with van der Waals surface area (Å²) in [5.74, 6) is 0. The van der Waals surface area contributed by atoms with Gasteiger partial charge in [0.15, 0.2) is 0 Å². The standard InChI is InChI=1S/C19H20N2O4/c22-15-9-11-5-1-3-7-13(11)17(15)20-19(21-18(24)25)14-8-4-2-6-12(14)10-16(19)23/h1-8,15-17,20-23H,9-10H2,(H,24,25)/t15-,16-,17+,19+/m0/s1. The lowest BCUT2D eigenvalue weighted by Gasteiger charge is -2.38. The molecule has 0 fully saturated rings. The predicted octanol–water partition coefficient (Wildman–Crippen LogP) is 1.27. The van der Waals surface area contributed by atoms with Crippen molar-refractivity contribution in [2.75, 3.05) is 0 Å². The lowest BCUT2D eigenvalue weighted by molar-refractivity contribution is 0.0218. The third kappa shape index (κ3) is 2.50. The first kappa shape index (κ1) is 16.1. The molecule has 4 rings (SSSR count). The van der Waals surface area contributed by atoms with Crippen molar-refractivity contribution < 1.29 is 20.1 Å². The lowest BCUT2D eigenvalue weighted by Crippen LogP contribution is -2.62. The molecule has 2 aliphatic carbocycles. The molecule has 6 heteroatoms. The Kier molecular flexibility index (Phi) is 3.76. The number of rotatable bonds is 3. The smallest absolute Gasteiger partial charge is 0.406 e. The van der Waals surface area contributed by atoms with Crippen LogP contribution >= 0.6 is 0 Å². The molecule has 0 radical (unpaired) electrons. The average Bonchev–Trinajstić information content (AvgIpc) is 3.03. The zero-order valence-electron chi connectivity index (χ0n) is 13.5. The van der Waals surface area contributed by atoms with Crippen LogP contribution in [0.5, 0.6) is 0 Å². The highest BCUT2D eigenvalue weighted by Crippen LogP contribution is 2.40. The van der Waals surface area contributed by atoms with Gasteiger partial charge in [-0.3, -0.25) is 10.6 Å². The summed E-state index contributed by atoms with van der Waals surface area (Å²) >= 11 is 0. The van der Waals surface area contributed by atoms with Gasteiger partial charge in [-0.25, -0.2) is 4.79 Å². The van der Waals surface area contributed by atoms with Crippen LogP contribution in [-0.2, 0) is 18.5 Å². The van der Waals surface area contributed by atoms with E-state index in [1.165, 1.54) is 0 Å². The highest BCUT2D eigenvalue weighted by molar-refractivity contribution is 5.67. The van der Waals surface area contributed by atoms with Crippen LogP contribution in [0.15, 0.2) is 48.5 Å². The maximum Gasteiger partial charge on any atom is 0.406 e. The van der Waals surface area contributed by atoms with Crippen molar-refractivity contribution in [3.05, 3.63) is 70.8 Å². The molecule has 0 unspecified atom stereocenters. The van der Waals surface area contributed by atoms with Gasteiger partial charge in [-0.2, -0.15) is 0 Å². The van der Waals surface area contributed by atoms with Gasteiger partial charge in [-0.05, 0) is 22.3 Å². The van der Waals surface area contributed by atoms with Gasteiger partial charge in [0, 0.05) is 12.8 Å². The first-order valence-corrected chi connectivity index (χ1v) is 8.32. The number of aliphatic hydroxyl groups is 2. The van der Waals surface area contributed by atoms with Gasteiger partial charge in [0.05, 0.1) is 18.2 Å². The molecule has 0 spiro atoms. The van der Waals surface area contributed by atoms with Crippen LogP contribution in [0.3, 0.4) is 0 Å². The summed E-state index contributed by atoms with van der Waals surface area (Å²) in [5.41, 5.74) is 2.18. The Morgan fingerprint density at radius 1 is 1.00 bits per heavy atom.